The molecule has 0 aliphatic rings. The Morgan fingerprint density at radius 3 is 1.57 bits per heavy atom. The summed E-state index contributed by atoms with van der Waals surface area (Å²) in [6.07, 6.45) is 0. The lowest BCUT2D eigenvalue weighted by Gasteiger charge is -2.19. The van der Waals surface area contributed by atoms with Gasteiger partial charge in [-0.2, -0.15) is 5.26 Å². The summed E-state index contributed by atoms with van der Waals surface area (Å²) in [5.41, 5.74) is 12.4. The van der Waals surface area contributed by atoms with Crippen LogP contribution in [0, 0.1) is 17.9 Å². The molecule has 0 spiro atoms. The van der Waals surface area contributed by atoms with Gasteiger partial charge in [-0.25, -0.2) is 14.8 Å². The number of pyridine rings is 2. The maximum atomic E-state index is 10.2. The highest BCUT2D eigenvalue weighted by molar-refractivity contribution is 6.22. The highest BCUT2D eigenvalue weighted by Crippen LogP contribution is 2.45. The van der Waals surface area contributed by atoms with Crippen LogP contribution in [0.15, 0.2) is 182 Å². The second-order valence-electron chi connectivity index (χ2n) is 13.9. The molecule has 4 nitrogen and oxygen atoms in total. The maximum absolute atomic E-state index is 10.2. The first-order valence-corrected chi connectivity index (χ1v) is 18.5. The Bertz CT molecular complexity index is 3250. The molecule has 0 atom stereocenters. The van der Waals surface area contributed by atoms with Gasteiger partial charge >= 0.3 is 0 Å². The highest BCUT2D eigenvalue weighted by Gasteiger charge is 2.19. The van der Waals surface area contributed by atoms with Gasteiger partial charge < -0.3 is 0 Å². The van der Waals surface area contributed by atoms with E-state index in [9.17, 15) is 5.26 Å². The van der Waals surface area contributed by atoms with Crippen LogP contribution in [0.5, 0.6) is 0 Å². The molecule has 258 valence electrons. The number of fused-ring (bicyclic) bond motifs is 5. The third-order valence-corrected chi connectivity index (χ3v) is 10.7. The van der Waals surface area contributed by atoms with Crippen molar-refractivity contribution in [1.82, 2.24) is 9.97 Å². The van der Waals surface area contributed by atoms with Gasteiger partial charge in [0.25, 0.3) is 0 Å². The van der Waals surface area contributed by atoms with E-state index in [0.717, 1.165) is 27.9 Å². The average molecular weight is 711 g/mol. The van der Waals surface area contributed by atoms with E-state index >= 15 is 0 Å². The van der Waals surface area contributed by atoms with Gasteiger partial charge in [0.05, 0.1) is 40.6 Å². The number of hydrogen-bond donors (Lipinski definition) is 0. The molecule has 0 fully saturated rings. The van der Waals surface area contributed by atoms with Crippen LogP contribution in [0.2, 0.25) is 0 Å². The van der Waals surface area contributed by atoms with Crippen LogP contribution in [0.3, 0.4) is 0 Å². The number of hydrogen-bond acceptors (Lipinski definition) is 3. The van der Waals surface area contributed by atoms with Gasteiger partial charge in [-0.1, -0.05) is 152 Å². The van der Waals surface area contributed by atoms with E-state index in [1.54, 1.807) is 12.1 Å². The number of nitriles is 1. The molecule has 0 aliphatic carbocycles. The van der Waals surface area contributed by atoms with Crippen molar-refractivity contribution < 1.29 is 0 Å². The Kier molecular flexibility index (Phi) is 7.88. The summed E-state index contributed by atoms with van der Waals surface area (Å²) in [5.74, 6) is 0. The van der Waals surface area contributed by atoms with Crippen molar-refractivity contribution in [2.45, 2.75) is 0 Å². The molecule has 8 aromatic carbocycles. The van der Waals surface area contributed by atoms with E-state index in [1.165, 1.54) is 43.8 Å². The molecule has 0 radical (unpaired) electrons. The Balaban J connectivity index is 1.17. The fourth-order valence-corrected chi connectivity index (χ4v) is 8.09. The van der Waals surface area contributed by atoms with Crippen molar-refractivity contribution in [1.29, 1.82) is 5.26 Å². The molecular weight excluding hydrogens is 681 g/mol. The predicted molar refractivity (Wildman–Crippen MR) is 230 cm³/mol. The third-order valence-electron chi connectivity index (χ3n) is 10.7. The Labute approximate surface area is 324 Å². The standard InChI is InChI=1S/C52H30N4/c1-54-48-31-44-39(32-53)30-47(33-14-5-2-6-15-33)56-52(44)51-43(48)26-27-46(55-51)38-21-13-20-36(28-38)37-24-25-42-45(29-37)50(35-18-9-4-10-19-35)41-23-12-11-22-40(41)49(42)34-16-7-3-8-17-34/h2-31H. The molecular formula is C52H30N4. The molecule has 2 heterocycles. The van der Waals surface area contributed by atoms with Crippen LogP contribution in [0.4, 0.5) is 5.69 Å². The topological polar surface area (TPSA) is 53.9 Å². The van der Waals surface area contributed by atoms with Crippen molar-refractivity contribution in [2.24, 2.45) is 0 Å². The molecule has 2 aromatic heterocycles. The lowest BCUT2D eigenvalue weighted by atomic mass is 9.85. The number of benzene rings is 8. The van der Waals surface area contributed by atoms with Crippen LogP contribution in [0.25, 0.3) is 104 Å². The summed E-state index contributed by atoms with van der Waals surface area (Å²) in [4.78, 5) is 14.1. The Hall–Kier alpha value is -7.92. The summed E-state index contributed by atoms with van der Waals surface area (Å²) in [5, 5.41) is 16.4. The molecule has 4 heteroatoms. The van der Waals surface area contributed by atoms with Crippen LogP contribution >= 0.6 is 0 Å². The van der Waals surface area contributed by atoms with Crippen LogP contribution < -0.4 is 0 Å². The van der Waals surface area contributed by atoms with Crippen molar-refractivity contribution in [3.63, 3.8) is 0 Å². The molecule has 10 rings (SSSR count). The summed E-state index contributed by atoms with van der Waals surface area (Å²) >= 11 is 0. The van der Waals surface area contributed by atoms with Gasteiger partial charge in [-0.3, -0.25) is 0 Å². The minimum Gasteiger partial charge on any atom is -0.247 e. The molecule has 0 N–H and O–H groups in total. The van der Waals surface area contributed by atoms with E-state index in [4.69, 9.17) is 16.5 Å². The van der Waals surface area contributed by atoms with E-state index in [0.29, 0.717) is 38.8 Å². The lowest BCUT2D eigenvalue weighted by molar-refractivity contribution is 1.36. The summed E-state index contributed by atoms with van der Waals surface area (Å²) in [7, 11) is 0. The maximum Gasteiger partial charge on any atom is 0.197 e. The number of rotatable bonds is 5. The minimum absolute atomic E-state index is 0.443. The van der Waals surface area contributed by atoms with Crippen molar-refractivity contribution in [2.75, 3.05) is 0 Å². The zero-order valence-corrected chi connectivity index (χ0v) is 30.1. The van der Waals surface area contributed by atoms with Gasteiger partial charge in [0.15, 0.2) is 5.69 Å². The van der Waals surface area contributed by atoms with Crippen LogP contribution in [-0.4, -0.2) is 9.97 Å². The van der Waals surface area contributed by atoms with Gasteiger partial charge in [-0.15, -0.1) is 0 Å². The molecule has 56 heavy (non-hydrogen) atoms. The quantitative estimate of drug-likeness (QED) is 0.101. The molecule has 0 saturated carbocycles. The first-order chi connectivity index (χ1) is 27.7. The first kappa shape index (κ1) is 32.7. The van der Waals surface area contributed by atoms with Crippen molar-refractivity contribution in [3.8, 4) is 62.0 Å². The smallest absolute Gasteiger partial charge is 0.197 e. The molecule has 0 amide bonds. The molecule has 0 bridgehead atoms. The third kappa shape index (κ3) is 5.45. The van der Waals surface area contributed by atoms with E-state index in [1.807, 2.05) is 42.5 Å². The fourth-order valence-electron chi connectivity index (χ4n) is 8.09. The summed E-state index contributed by atoms with van der Waals surface area (Å²) in [6.45, 7) is 7.97. The largest absolute Gasteiger partial charge is 0.247 e. The Morgan fingerprint density at radius 1 is 0.393 bits per heavy atom. The van der Waals surface area contributed by atoms with Gasteiger partial charge in [0.1, 0.15) is 0 Å². The van der Waals surface area contributed by atoms with Gasteiger partial charge in [0, 0.05) is 21.9 Å². The SMILES string of the molecule is [C-]#[N+]c1cc2c(C#N)cc(-c3ccccc3)nc2c2nc(-c3cccc(-c4ccc5c(-c6ccccc6)c6ccccc6c(-c6ccccc6)c5c4)c3)ccc12. The molecule has 0 aliphatic heterocycles. The molecule has 0 saturated heterocycles. The monoisotopic (exact) mass is 710 g/mol. The fraction of sp³-hybridized carbons (Fsp3) is 0. The zero-order chi connectivity index (χ0) is 37.6. The first-order valence-electron chi connectivity index (χ1n) is 18.5. The molecule has 0 unspecified atom stereocenters. The van der Waals surface area contributed by atoms with E-state index in [2.05, 4.69) is 138 Å². The second kappa shape index (κ2) is 13.5. The second-order valence-corrected chi connectivity index (χ2v) is 13.9. The summed E-state index contributed by atoms with van der Waals surface area (Å²) in [6, 6.07) is 65.0. The van der Waals surface area contributed by atoms with Gasteiger partial charge in [0.2, 0.25) is 0 Å². The van der Waals surface area contributed by atoms with Gasteiger partial charge in [-0.05, 0) is 85.3 Å². The van der Waals surface area contributed by atoms with Crippen LogP contribution in [-0.2, 0) is 0 Å². The highest BCUT2D eigenvalue weighted by atomic mass is 14.8. The predicted octanol–water partition coefficient (Wildman–Crippen LogP) is 13.8. The normalized spacial score (nSPS) is 11.2. The number of aromatic nitrogens is 2. The minimum atomic E-state index is 0.443. The lowest BCUT2D eigenvalue weighted by Crippen LogP contribution is -1.94. The van der Waals surface area contributed by atoms with E-state index in [-0.39, 0.29) is 0 Å². The number of nitrogens with zero attached hydrogens (tertiary/aromatic N) is 4. The van der Waals surface area contributed by atoms with Crippen LogP contribution in [0.1, 0.15) is 5.56 Å². The summed E-state index contributed by atoms with van der Waals surface area (Å²) < 4.78 is 0. The Morgan fingerprint density at radius 2 is 0.911 bits per heavy atom. The average Bonchev–Trinajstić information content (AvgIpc) is 3.28. The van der Waals surface area contributed by atoms with Crippen molar-refractivity contribution in [3.05, 3.63) is 199 Å². The zero-order valence-electron chi connectivity index (χ0n) is 30.1. The van der Waals surface area contributed by atoms with E-state index < -0.39 is 0 Å². The van der Waals surface area contributed by atoms with Crippen molar-refractivity contribution >= 4 is 49.0 Å². The molecule has 10 aromatic rings.